The van der Waals surface area contributed by atoms with Crippen molar-refractivity contribution >= 4 is 0 Å². The standard InChI is InChI=1S/C10H15NO/c1-2-10-8(5-11)9(6-12-10)7-3-4-7/h6-7H,2-5,11H2,1H3. The van der Waals surface area contributed by atoms with Crippen LogP contribution in [-0.4, -0.2) is 0 Å². The van der Waals surface area contributed by atoms with Crippen LogP contribution in [0.1, 0.15) is 42.6 Å². The molecule has 0 atom stereocenters. The van der Waals surface area contributed by atoms with E-state index in [1.165, 1.54) is 24.0 Å². The Bertz CT molecular complexity index is 273. The molecule has 66 valence electrons. The molecule has 12 heavy (non-hydrogen) atoms. The smallest absolute Gasteiger partial charge is 0.108 e. The molecular formula is C10H15NO. The zero-order valence-corrected chi connectivity index (χ0v) is 7.47. The first kappa shape index (κ1) is 7.87. The molecule has 2 N–H and O–H groups in total. The Hall–Kier alpha value is -0.760. The first-order valence-electron chi connectivity index (χ1n) is 4.66. The van der Waals surface area contributed by atoms with E-state index in [0.29, 0.717) is 6.54 Å². The van der Waals surface area contributed by atoms with Crippen LogP contribution < -0.4 is 5.73 Å². The average Bonchev–Trinajstić information content (AvgIpc) is 2.85. The molecule has 2 nitrogen and oxygen atoms in total. The summed E-state index contributed by atoms with van der Waals surface area (Å²) in [6.45, 7) is 2.74. The Morgan fingerprint density at radius 3 is 2.83 bits per heavy atom. The van der Waals surface area contributed by atoms with Crippen molar-refractivity contribution in [2.75, 3.05) is 0 Å². The summed E-state index contributed by atoms with van der Waals surface area (Å²) in [6.07, 6.45) is 5.49. The predicted molar refractivity (Wildman–Crippen MR) is 48.0 cm³/mol. The van der Waals surface area contributed by atoms with Crippen molar-refractivity contribution in [1.82, 2.24) is 0 Å². The molecule has 0 aromatic carbocycles. The molecule has 1 saturated carbocycles. The normalized spacial score (nSPS) is 16.8. The van der Waals surface area contributed by atoms with Gasteiger partial charge in [-0.1, -0.05) is 6.92 Å². The molecule has 0 saturated heterocycles. The molecule has 1 aromatic rings. The second-order valence-corrected chi connectivity index (χ2v) is 3.42. The fourth-order valence-corrected chi connectivity index (χ4v) is 1.70. The van der Waals surface area contributed by atoms with E-state index in [2.05, 4.69) is 6.92 Å². The number of aryl methyl sites for hydroxylation is 1. The van der Waals surface area contributed by atoms with Crippen LogP contribution in [0.2, 0.25) is 0 Å². The van der Waals surface area contributed by atoms with Crippen molar-refractivity contribution in [3.05, 3.63) is 23.2 Å². The third-order valence-corrected chi connectivity index (χ3v) is 2.56. The minimum Gasteiger partial charge on any atom is -0.469 e. The lowest BCUT2D eigenvalue weighted by Gasteiger charge is -1.98. The minimum absolute atomic E-state index is 0.630. The van der Waals surface area contributed by atoms with Crippen LogP contribution >= 0.6 is 0 Å². The lowest BCUT2D eigenvalue weighted by Crippen LogP contribution is -2.00. The highest BCUT2D eigenvalue weighted by atomic mass is 16.3. The second kappa shape index (κ2) is 2.94. The molecule has 0 bridgehead atoms. The molecule has 1 aromatic heterocycles. The van der Waals surface area contributed by atoms with Crippen LogP contribution in [-0.2, 0) is 13.0 Å². The summed E-state index contributed by atoms with van der Waals surface area (Å²) in [6, 6.07) is 0. The SMILES string of the molecule is CCc1occ(C2CC2)c1CN. The molecule has 0 aliphatic heterocycles. The van der Waals surface area contributed by atoms with E-state index in [9.17, 15) is 0 Å². The van der Waals surface area contributed by atoms with Gasteiger partial charge >= 0.3 is 0 Å². The van der Waals surface area contributed by atoms with E-state index < -0.39 is 0 Å². The highest BCUT2D eigenvalue weighted by Crippen LogP contribution is 2.43. The third-order valence-electron chi connectivity index (χ3n) is 2.56. The Balaban J connectivity index is 2.33. The van der Waals surface area contributed by atoms with Gasteiger partial charge in [-0.3, -0.25) is 0 Å². The highest BCUT2D eigenvalue weighted by Gasteiger charge is 2.28. The predicted octanol–water partition coefficient (Wildman–Crippen LogP) is 2.18. The number of furan rings is 1. The van der Waals surface area contributed by atoms with Gasteiger partial charge in [0.25, 0.3) is 0 Å². The maximum Gasteiger partial charge on any atom is 0.108 e. The van der Waals surface area contributed by atoms with Crippen LogP contribution in [0.3, 0.4) is 0 Å². The maximum absolute atomic E-state index is 5.68. The van der Waals surface area contributed by atoms with Crippen molar-refractivity contribution in [2.45, 2.75) is 38.6 Å². The summed E-state index contributed by atoms with van der Waals surface area (Å²) in [7, 11) is 0. The molecular weight excluding hydrogens is 150 g/mol. The molecule has 0 radical (unpaired) electrons. The first-order chi connectivity index (χ1) is 5.86. The van der Waals surface area contributed by atoms with Crippen molar-refractivity contribution in [3.8, 4) is 0 Å². The second-order valence-electron chi connectivity index (χ2n) is 3.42. The fraction of sp³-hybridized carbons (Fsp3) is 0.600. The summed E-state index contributed by atoms with van der Waals surface area (Å²) in [5.41, 5.74) is 8.31. The van der Waals surface area contributed by atoms with E-state index >= 15 is 0 Å². The van der Waals surface area contributed by atoms with E-state index in [1.54, 1.807) is 0 Å². The summed E-state index contributed by atoms with van der Waals surface area (Å²) in [5, 5.41) is 0. The Morgan fingerprint density at radius 1 is 1.58 bits per heavy atom. The first-order valence-corrected chi connectivity index (χ1v) is 4.66. The number of nitrogens with two attached hydrogens (primary N) is 1. The lowest BCUT2D eigenvalue weighted by molar-refractivity contribution is 0.510. The fourth-order valence-electron chi connectivity index (χ4n) is 1.70. The topological polar surface area (TPSA) is 39.2 Å². The van der Waals surface area contributed by atoms with Crippen molar-refractivity contribution in [2.24, 2.45) is 5.73 Å². The summed E-state index contributed by atoms with van der Waals surface area (Å²) >= 11 is 0. The van der Waals surface area contributed by atoms with E-state index in [1.807, 2.05) is 6.26 Å². The van der Waals surface area contributed by atoms with E-state index in [0.717, 1.165) is 18.1 Å². The molecule has 1 aliphatic rings. The van der Waals surface area contributed by atoms with Gasteiger partial charge in [-0.15, -0.1) is 0 Å². The van der Waals surface area contributed by atoms with E-state index in [4.69, 9.17) is 10.2 Å². The molecule has 0 unspecified atom stereocenters. The van der Waals surface area contributed by atoms with Crippen LogP contribution in [0.25, 0.3) is 0 Å². The molecule has 1 heterocycles. The van der Waals surface area contributed by atoms with Gasteiger partial charge in [-0.25, -0.2) is 0 Å². The molecule has 0 amide bonds. The Kier molecular flexibility index (Phi) is 1.93. The summed E-state index contributed by atoms with van der Waals surface area (Å²) in [5.74, 6) is 1.84. The quantitative estimate of drug-likeness (QED) is 0.745. The van der Waals surface area contributed by atoms with Crippen molar-refractivity contribution < 1.29 is 4.42 Å². The molecule has 1 fully saturated rings. The largest absolute Gasteiger partial charge is 0.469 e. The highest BCUT2D eigenvalue weighted by molar-refractivity contribution is 5.33. The van der Waals surface area contributed by atoms with Gasteiger partial charge in [-0.2, -0.15) is 0 Å². The van der Waals surface area contributed by atoms with Gasteiger partial charge < -0.3 is 10.2 Å². The lowest BCUT2D eigenvalue weighted by atomic mass is 10.1. The molecule has 0 spiro atoms. The Labute approximate surface area is 72.7 Å². The van der Waals surface area contributed by atoms with E-state index in [-0.39, 0.29) is 0 Å². The zero-order chi connectivity index (χ0) is 8.55. The van der Waals surface area contributed by atoms with Gasteiger partial charge in [0.15, 0.2) is 0 Å². The maximum atomic E-state index is 5.68. The number of hydrogen-bond acceptors (Lipinski definition) is 2. The number of rotatable bonds is 3. The summed E-state index contributed by atoms with van der Waals surface area (Å²) < 4.78 is 5.46. The minimum atomic E-state index is 0.630. The van der Waals surface area contributed by atoms with Gasteiger partial charge in [0.2, 0.25) is 0 Å². The summed E-state index contributed by atoms with van der Waals surface area (Å²) in [4.78, 5) is 0. The molecule has 2 rings (SSSR count). The van der Waals surface area contributed by atoms with Crippen LogP contribution in [0.4, 0.5) is 0 Å². The zero-order valence-electron chi connectivity index (χ0n) is 7.47. The molecule has 2 heteroatoms. The molecule has 1 aliphatic carbocycles. The Morgan fingerprint density at radius 2 is 2.33 bits per heavy atom. The van der Waals surface area contributed by atoms with Gasteiger partial charge in [0, 0.05) is 18.5 Å². The van der Waals surface area contributed by atoms with Crippen LogP contribution in [0.5, 0.6) is 0 Å². The van der Waals surface area contributed by atoms with Crippen LogP contribution in [0, 0.1) is 0 Å². The van der Waals surface area contributed by atoms with Gasteiger partial charge in [0.05, 0.1) is 6.26 Å². The third kappa shape index (κ3) is 1.16. The van der Waals surface area contributed by atoms with Crippen LogP contribution in [0.15, 0.2) is 10.7 Å². The van der Waals surface area contributed by atoms with Gasteiger partial charge in [0.1, 0.15) is 5.76 Å². The average molecular weight is 165 g/mol. The number of hydrogen-bond donors (Lipinski definition) is 1. The van der Waals surface area contributed by atoms with Crippen molar-refractivity contribution in [3.63, 3.8) is 0 Å². The monoisotopic (exact) mass is 165 g/mol. The van der Waals surface area contributed by atoms with Crippen molar-refractivity contribution in [1.29, 1.82) is 0 Å². The van der Waals surface area contributed by atoms with Gasteiger partial charge in [-0.05, 0) is 24.3 Å².